The second kappa shape index (κ2) is 8.90. The summed E-state index contributed by atoms with van der Waals surface area (Å²) in [6, 6.07) is 9.06. The van der Waals surface area contributed by atoms with Crippen LogP contribution in [0.25, 0.3) is 0 Å². The van der Waals surface area contributed by atoms with E-state index in [-0.39, 0.29) is 36.0 Å². The van der Waals surface area contributed by atoms with E-state index in [1.165, 1.54) is 7.11 Å². The number of methoxy groups -OCH3 is 1. The van der Waals surface area contributed by atoms with Crippen LogP contribution in [0, 0.1) is 0 Å². The molecular formula is C11H15NaO5S. The van der Waals surface area contributed by atoms with E-state index >= 15 is 0 Å². The molecule has 1 rings (SSSR count). The molecule has 0 radical (unpaired) electrons. The normalized spacial score (nSPS) is 12.6. The molecule has 1 unspecified atom stereocenters. The molecule has 0 aliphatic heterocycles. The summed E-state index contributed by atoms with van der Waals surface area (Å²) in [5, 5.41) is 0. The Balaban J connectivity index is 0.00000289. The summed E-state index contributed by atoms with van der Waals surface area (Å²) in [5.41, 5.74) is 0. The minimum Gasteiger partial charge on any atom is -0.748 e. The van der Waals surface area contributed by atoms with Gasteiger partial charge in [0.1, 0.15) is 5.75 Å². The van der Waals surface area contributed by atoms with E-state index in [1.807, 2.05) is 18.2 Å². The molecule has 5 nitrogen and oxygen atoms in total. The maximum absolute atomic E-state index is 10.4. The summed E-state index contributed by atoms with van der Waals surface area (Å²) in [6.07, 6.45) is 0.0310. The average Bonchev–Trinajstić information content (AvgIpc) is 2.27. The van der Waals surface area contributed by atoms with Gasteiger partial charge in [0.15, 0.2) is 6.29 Å². The molecule has 0 spiro atoms. The zero-order chi connectivity index (χ0) is 12.7. The molecule has 0 bridgehead atoms. The van der Waals surface area contributed by atoms with Crippen molar-refractivity contribution in [3.63, 3.8) is 0 Å². The Morgan fingerprint density at radius 1 is 1.28 bits per heavy atom. The van der Waals surface area contributed by atoms with E-state index in [2.05, 4.69) is 0 Å². The fourth-order valence-corrected chi connectivity index (χ4v) is 1.82. The predicted molar refractivity (Wildman–Crippen MR) is 61.7 cm³/mol. The molecule has 0 heterocycles. The number of ether oxygens (including phenoxy) is 2. The first-order valence-corrected chi connectivity index (χ1v) is 6.77. The fraction of sp³-hybridized carbons (Fsp3) is 0.455. The topological polar surface area (TPSA) is 75.7 Å². The molecule has 0 amide bonds. The van der Waals surface area contributed by atoms with Crippen molar-refractivity contribution in [1.82, 2.24) is 0 Å². The SMILES string of the molecule is COC(CCCS(=O)(=O)[O-])Oc1ccccc1.[Na+]. The van der Waals surface area contributed by atoms with E-state index in [4.69, 9.17) is 9.47 Å². The maximum atomic E-state index is 10.4. The Morgan fingerprint density at radius 2 is 1.89 bits per heavy atom. The van der Waals surface area contributed by atoms with Crippen LogP contribution >= 0.6 is 0 Å². The summed E-state index contributed by atoms with van der Waals surface area (Å²) in [6.45, 7) is 0. The average molecular weight is 282 g/mol. The number of para-hydroxylation sites is 1. The van der Waals surface area contributed by atoms with Crippen LogP contribution in [0.1, 0.15) is 12.8 Å². The summed E-state index contributed by atoms with van der Waals surface area (Å²) >= 11 is 0. The predicted octanol–water partition coefficient (Wildman–Crippen LogP) is -1.63. The first-order valence-electron chi connectivity index (χ1n) is 5.19. The smallest absolute Gasteiger partial charge is 0.748 e. The largest absolute Gasteiger partial charge is 1.00 e. The van der Waals surface area contributed by atoms with Crippen LogP contribution in [0.15, 0.2) is 30.3 Å². The fourth-order valence-electron chi connectivity index (χ4n) is 1.30. The van der Waals surface area contributed by atoms with Crippen LogP contribution in [0.2, 0.25) is 0 Å². The molecule has 7 heteroatoms. The van der Waals surface area contributed by atoms with Gasteiger partial charge in [-0.1, -0.05) is 18.2 Å². The molecule has 0 N–H and O–H groups in total. The third-order valence-electron chi connectivity index (χ3n) is 2.11. The zero-order valence-electron chi connectivity index (χ0n) is 10.5. The summed E-state index contributed by atoms with van der Waals surface area (Å²) < 4.78 is 41.8. The Labute approximate surface area is 130 Å². The summed E-state index contributed by atoms with van der Waals surface area (Å²) in [7, 11) is -2.69. The molecule has 1 aromatic carbocycles. The monoisotopic (exact) mass is 282 g/mol. The molecular weight excluding hydrogens is 267 g/mol. The van der Waals surface area contributed by atoms with E-state index in [9.17, 15) is 13.0 Å². The van der Waals surface area contributed by atoms with Gasteiger partial charge in [0.05, 0.1) is 10.1 Å². The van der Waals surface area contributed by atoms with Crippen molar-refractivity contribution in [2.45, 2.75) is 19.1 Å². The van der Waals surface area contributed by atoms with Crippen LogP contribution in [0.4, 0.5) is 0 Å². The van der Waals surface area contributed by atoms with Gasteiger partial charge < -0.3 is 14.0 Å². The Bertz CT molecular complexity index is 420. The number of hydrogen-bond donors (Lipinski definition) is 0. The second-order valence-electron chi connectivity index (χ2n) is 3.50. The van der Waals surface area contributed by atoms with Crippen molar-refractivity contribution < 1.29 is 52.0 Å². The first-order chi connectivity index (χ1) is 8.01. The van der Waals surface area contributed by atoms with Crippen molar-refractivity contribution in [2.75, 3.05) is 12.9 Å². The van der Waals surface area contributed by atoms with E-state index in [0.29, 0.717) is 12.2 Å². The van der Waals surface area contributed by atoms with Gasteiger partial charge in [0, 0.05) is 19.3 Å². The molecule has 1 atom stereocenters. The minimum atomic E-state index is -4.16. The van der Waals surface area contributed by atoms with Gasteiger partial charge in [-0.3, -0.25) is 0 Å². The van der Waals surface area contributed by atoms with E-state index in [0.717, 1.165) is 0 Å². The molecule has 96 valence electrons. The molecule has 0 saturated carbocycles. The van der Waals surface area contributed by atoms with Gasteiger partial charge in [-0.05, 0) is 18.6 Å². The standard InChI is InChI=1S/C11H16O5S.Na/c1-15-11(8-5-9-17(12,13)14)16-10-6-3-2-4-7-10;/h2-4,6-7,11H,5,8-9H2,1H3,(H,12,13,14);/q;+1/p-1. The van der Waals surface area contributed by atoms with Crippen molar-refractivity contribution in [3.05, 3.63) is 30.3 Å². The molecule has 18 heavy (non-hydrogen) atoms. The molecule has 0 aliphatic carbocycles. The molecule has 0 saturated heterocycles. The van der Waals surface area contributed by atoms with Crippen LogP contribution < -0.4 is 34.3 Å². The zero-order valence-corrected chi connectivity index (χ0v) is 13.4. The van der Waals surface area contributed by atoms with Crippen molar-refractivity contribution in [1.29, 1.82) is 0 Å². The van der Waals surface area contributed by atoms with Gasteiger partial charge in [0.2, 0.25) is 0 Å². The third-order valence-corrected chi connectivity index (χ3v) is 2.90. The summed E-state index contributed by atoms with van der Waals surface area (Å²) in [5.74, 6) is 0.245. The molecule has 0 aliphatic rings. The van der Waals surface area contributed by atoms with E-state index < -0.39 is 22.2 Å². The third kappa shape index (κ3) is 8.07. The summed E-state index contributed by atoms with van der Waals surface area (Å²) in [4.78, 5) is 0. The first kappa shape index (κ1) is 17.9. The Hall–Kier alpha value is -0.110. The van der Waals surface area contributed by atoms with Crippen molar-refractivity contribution in [3.8, 4) is 5.75 Å². The Morgan fingerprint density at radius 3 is 2.39 bits per heavy atom. The Kier molecular flexibility index (Phi) is 8.85. The number of rotatable bonds is 7. The van der Waals surface area contributed by atoms with Crippen LogP contribution in [-0.4, -0.2) is 32.1 Å². The van der Waals surface area contributed by atoms with Gasteiger partial charge in [-0.15, -0.1) is 0 Å². The second-order valence-corrected chi connectivity index (χ2v) is 5.02. The minimum absolute atomic E-state index is 0. The van der Waals surface area contributed by atoms with Gasteiger partial charge in [-0.2, -0.15) is 0 Å². The maximum Gasteiger partial charge on any atom is 1.00 e. The molecule has 0 fully saturated rings. The van der Waals surface area contributed by atoms with Crippen LogP contribution in [0.5, 0.6) is 5.75 Å². The van der Waals surface area contributed by atoms with Crippen molar-refractivity contribution >= 4 is 10.1 Å². The molecule has 1 aromatic rings. The van der Waals surface area contributed by atoms with Gasteiger partial charge >= 0.3 is 29.6 Å². The van der Waals surface area contributed by atoms with E-state index in [1.54, 1.807) is 12.1 Å². The van der Waals surface area contributed by atoms with Crippen molar-refractivity contribution in [2.24, 2.45) is 0 Å². The van der Waals surface area contributed by atoms with Crippen LogP contribution in [0.3, 0.4) is 0 Å². The number of benzene rings is 1. The quantitative estimate of drug-likeness (QED) is 0.341. The number of hydrogen-bond acceptors (Lipinski definition) is 5. The molecule has 0 aromatic heterocycles. The van der Waals surface area contributed by atoms with Gasteiger partial charge in [0.25, 0.3) is 0 Å². The van der Waals surface area contributed by atoms with Crippen LogP contribution in [-0.2, 0) is 14.9 Å². The van der Waals surface area contributed by atoms with Gasteiger partial charge in [-0.25, -0.2) is 8.42 Å².